The van der Waals surface area contributed by atoms with E-state index in [9.17, 15) is 0 Å². The summed E-state index contributed by atoms with van der Waals surface area (Å²) in [7, 11) is -0.406. The van der Waals surface area contributed by atoms with Crippen LogP contribution in [0.3, 0.4) is 0 Å². The molecule has 0 aromatic carbocycles. The summed E-state index contributed by atoms with van der Waals surface area (Å²) in [6, 6.07) is 0. The predicted molar refractivity (Wildman–Crippen MR) is 59.7 cm³/mol. The summed E-state index contributed by atoms with van der Waals surface area (Å²) in [5.74, 6) is 0. The van der Waals surface area contributed by atoms with Gasteiger partial charge in [0.1, 0.15) is 0 Å². The van der Waals surface area contributed by atoms with E-state index in [0.29, 0.717) is 0 Å². The van der Waals surface area contributed by atoms with Crippen LogP contribution in [0.25, 0.3) is 0 Å². The van der Waals surface area contributed by atoms with E-state index >= 15 is 0 Å². The molecule has 0 aromatic rings. The van der Waals surface area contributed by atoms with Crippen molar-refractivity contribution < 1.29 is 23.2 Å². The van der Waals surface area contributed by atoms with Crippen molar-refractivity contribution in [2.45, 2.75) is 20.5 Å². The van der Waals surface area contributed by atoms with Gasteiger partial charge in [-0.1, -0.05) is 0 Å². The maximum absolute atomic E-state index is 5.11. The number of hydrogen-bond donors (Lipinski definition) is 0. The first kappa shape index (κ1) is 13.1. The van der Waals surface area contributed by atoms with Crippen molar-refractivity contribution in [1.82, 2.24) is 0 Å². The molecule has 0 spiro atoms. The minimum absolute atomic E-state index is 0.135. The Bertz CT molecular complexity index is 132. The van der Waals surface area contributed by atoms with Gasteiger partial charge in [-0.15, -0.1) is 0 Å². The van der Waals surface area contributed by atoms with Crippen LogP contribution in [-0.2, 0) is 23.2 Å². The average Bonchev–Trinajstić information content (AvgIpc) is 2.19. The highest BCUT2D eigenvalue weighted by Crippen LogP contribution is 2.06. The fourth-order valence-corrected chi connectivity index (χ4v) is 1.35. The quantitative estimate of drug-likeness (QED) is 0.547. The highest BCUT2D eigenvalue weighted by atomic mass is 16.7. The van der Waals surface area contributed by atoms with Gasteiger partial charge >= 0.3 is 21.4 Å². The summed E-state index contributed by atoms with van der Waals surface area (Å²) in [6.45, 7) is 8.68. The molecule has 2 heterocycles. The lowest BCUT2D eigenvalue weighted by atomic mass is 9.74. The molecular formula is C7H17B3O5. The zero-order chi connectivity index (χ0) is 11.1. The van der Waals surface area contributed by atoms with E-state index in [2.05, 4.69) is 0 Å². The number of ether oxygens (including phenoxy) is 2. The van der Waals surface area contributed by atoms with Crippen LogP contribution in [-0.4, -0.2) is 47.8 Å². The van der Waals surface area contributed by atoms with Crippen LogP contribution in [0.15, 0.2) is 0 Å². The van der Waals surface area contributed by atoms with Gasteiger partial charge < -0.3 is 23.2 Å². The van der Waals surface area contributed by atoms with Crippen LogP contribution in [0.5, 0.6) is 0 Å². The van der Waals surface area contributed by atoms with Crippen molar-refractivity contribution in [3.63, 3.8) is 0 Å². The van der Waals surface area contributed by atoms with E-state index in [1.54, 1.807) is 0 Å². The molecule has 0 bridgehead atoms. The van der Waals surface area contributed by atoms with Gasteiger partial charge in [-0.2, -0.15) is 0 Å². The monoisotopic (exact) mass is 214 g/mol. The van der Waals surface area contributed by atoms with E-state index in [0.717, 1.165) is 26.4 Å². The molecule has 0 unspecified atom stereocenters. The molecule has 2 saturated heterocycles. The fourth-order valence-electron chi connectivity index (χ4n) is 1.35. The van der Waals surface area contributed by atoms with Crippen LogP contribution in [0, 0.1) is 0 Å². The third-order valence-corrected chi connectivity index (χ3v) is 1.89. The Morgan fingerprint density at radius 1 is 0.600 bits per heavy atom. The van der Waals surface area contributed by atoms with Crippen molar-refractivity contribution in [3.05, 3.63) is 0 Å². The Labute approximate surface area is 92.2 Å². The summed E-state index contributed by atoms with van der Waals surface area (Å²) in [5.41, 5.74) is 0. The van der Waals surface area contributed by atoms with Gasteiger partial charge in [0.25, 0.3) is 0 Å². The zero-order valence-electron chi connectivity index (χ0n) is 9.60. The second-order valence-electron chi connectivity index (χ2n) is 3.34. The van der Waals surface area contributed by atoms with E-state index in [-0.39, 0.29) is 21.4 Å². The minimum atomic E-state index is -0.135. The molecule has 0 radical (unpaired) electrons. The Morgan fingerprint density at radius 3 is 1.07 bits per heavy atom. The first-order valence-corrected chi connectivity index (χ1v) is 5.30. The molecule has 8 heteroatoms. The molecule has 2 fully saturated rings. The summed E-state index contributed by atoms with van der Waals surface area (Å²) >= 11 is 0. The molecule has 0 aromatic heterocycles. The molecule has 5 nitrogen and oxygen atoms in total. The van der Waals surface area contributed by atoms with Gasteiger partial charge in [0.2, 0.25) is 0 Å². The van der Waals surface area contributed by atoms with Crippen LogP contribution < -0.4 is 0 Å². The lowest BCUT2D eigenvalue weighted by Gasteiger charge is -2.25. The van der Waals surface area contributed by atoms with Crippen molar-refractivity contribution in [1.29, 1.82) is 0 Å². The molecule has 84 valence electrons. The van der Waals surface area contributed by atoms with Gasteiger partial charge in [0.05, 0.1) is 26.4 Å². The Balaban J connectivity index is 0.000000162. The second kappa shape index (κ2) is 7.30. The van der Waals surface area contributed by atoms with Crippen LogP contribution in [0.2, 0.25) is 20.5 Å². The maximum Gasteiger partial charge on any atom is 0.426 e. The largest absolute Gasteiger partial charge is 0.453 e. The van der Waals surface area contributed by atoms with Crippen LogP contribution in [0.1, 0.15) is 0 Å². The third-order valence-electron chi connectivity index (χ3n) is 1.89. The smallest absolute Gasteiger partial charge is 0.426 e. The minimum Gasteiger partial charge on any atom is -0.453 e. The van der Waals surface area contributed by atoms with Gasteiger partial charge in [-0.3, -0.25) is 0 Å². The molecule has 0 saturated carbocycles. The second-order valence-corrected chi connectivity index (χ2v) is 3.34. The average molecular weight is 214 g/mol. The summed E-state index contributed by atoms with van der Waals surface area (Å²) in [6.07, 6.45) is 0. The summed E-state index contributed by atoms with van der Waals surface area (Å²) in [5, 5.41) is 0. The number of rotatable bonds is 0. The molecule has 0 atom stereocenters. The van der Waals surface area contributed by atoms with Crippen LogP contribution in [0.4, 0.5) is 0 Å². The summed E-state index contributed by atoms with van der Waals surface area (Å²) in [4.78, 5) is 0. The molecule has 0 N–H and O–H groups in total. The van der Waals surface area contributed by atoms with E-state index < -0.39 is 0 Å². The van der Waals surface area contributed by atoms with Gasteiger partial charge in [-0.25, -0.2) is 0 Å². The Kier molecular flexibility index (Phi) is 6.35. The Hall–Kier alpha value is -0.00519. The molecule has 2 aliphatic heterocycles. The fraction of sp³-hybridized carbons (Fsp3) is 1.00. The van der Waals surface area contributed by atoms with E-state index in [4.69, 9.17) is 23.2 Å². The standard InChI is InChI=1S/C4H8O2.C3H9B3O3/c1-2-6-4-3-5-1;1-4-7-5(2)9-6(3)8-4/h1-4H2;1-3H3. The van der Waals surface area contributed by atoms with Gasteiger partial charge in [-0.05, 0) is 20.5 Å². The van der Waals surface area contributed by atoms with Crippen molar-refractivity contribution in [2.75, 3.05) is 26.4 Å². The topological polar surface area (TPSA) is 46.2 Å². The number of hydrogen-bond acceptors (Lipinski definition) is 5. The van der Waals surface area contributed by atoms with E-state index in [1.807, 2.05) is 20.5 Å². The molecule has 2 rings (SSSR count). The van der Waals surface area contributed by atoms with Crippen molar-refractivity contribution in [2.24, 2.45) is 0 Å². The molecular weight excluding hydrogens is 197 g/mol. The SMILES string of the molecule is C1COCCO1.CB1OB(C)OB(C)O1. The van der Waals surface area contributed by atoms with Crippen molar-refractivity contribution >= 4 is 21.4 Å². The zero-order valence-corrected chi connectivity index (χ0v) is 9.60. The lowest BCUT2D eigenvalue weighted by Crippen LogP contribution is -2.44. The highest BCUT2D eigenvalue weighted by Gasteiger charge is 2.31. The maximum atomic E-state index is 5.11. The van der Waals surface area contributed by atoms with Crippen molar-refractivity contribution in [3.8, 4) is 0 Å². The van der Waals surface area contributed by atoms with Crippen LogP contribution >= 0.6 is 0 Å². The first-order valence-electron chi connectivity index (χ1n) is 5.30. The molecule has 0 amide bonds. The van der Waals surface area contributed by atoms with Gasteiger partial charge in [0, 0.05) is 0 Å². The highest BCUT2D eigenvalue weighted by molar-refractivity contribution is 6.72. The molecule has 15 heavy (non-hydrogen) atoms. The van der Waals surface area contributed by atoms with E-state index in [1.165, 1.54) is 0 Å². The van der Waals surface area contributed by atoms with Gasteiger partial charge in [0.15, 0.2) is 0 Å². The first-order chi connectivity index (χ1) is 7.18. The predicted octanol–water partition coefficient (Wildman–Crippen LogP) is 0.437. The summed E-state index contributed by atoms with van der Waals surface area (Å²) < 4.78 is 25.2. The molecule has 2 aliphatic rings. The third kappa shape index (κ3) is 6.22. The Morgan fingerprint density at radius 2 is 0.867 bits per heavy atom. The normalized spacial score (nSPS) is 22.2. The molecule has 0 aliphatic carbocycles. The lowest BCUT2D eigenvalue weighted by molar-refractivity contribution is -0.0334.